The fourth-order valence-corrected chi connectivity index (χ4v) is 2.89. The van der Waals surface area contributed by atoms with E-state index in [2.05, 4.69) is 5.32 Å². The van der Waals surface area contributed by atoms with Crippen LogP contribution in [0.4, 0.5) is 13.2 Å². The topological polar surface area (TPSA) is 41.6 Å². The van der Waals surface area contributed by atoms with Crippen molar-refractivity contribution in [1.29, 1.82) is 0 Å². The van der Waals surface area contributed by atoms with Crippen LogP contribution < -0.4 is 5.32 Å². The van der Waals surface area contributed by atoms with Crippen LogP contribution in [0, 0.1) is 5.41 Å². The van der Waals surface area contributed by atoms with Crippen LogP contribution in [0.5, 0.6) is 0 Å². The standard InChI is InChI=1S/C13H21F3N2O2/c1-20-9-12(4-6-17-7-5-12)8-18(10-2-3-10)11(19)13(14,15)16/h10,17H,2-9H2,1H3. The van der Waals surface area contributed by atoms with Gasteiger partial charge in [-0.1, -0.05) is 0 Å². The van der Waals surface area contributed by atoms with Gasteiger partial charge >= 0.3 is 12.1 Å². The normalized spacial score (nSPS) is 22.6. The van der Waals surface area contributed by atoms with Gasteiger partial charge in [-0.25, -0.2) is 0 Å². The highest BCUT2D eigenvalue weighted by atomic mass is 19.4. The van der Waals surface area contributed by atoms with E-state index < -0.39 is 12.1 Å². The molecular weight excluding hydrogens is 273 g/mol. The molecule has 1 heterocycles. The third kappa shape index (κ3) is 3.63. The molecule has 7 heteroatoms. The van der Waals surface area contributed by atoms with Gasteiger partial charge in [-0.2, -0.15) is 13.2 Å². The molecule has 20 heavy (non-hydrogen) atoms. The number of rotatable bonds is 5. The van der Waals surface area contributed by atoms with Crippen molar-refractivity contribution in [2.45, 2.75) is 37.9 Å². The Morgan fingerprint density at radius 3 is 2.40 bits per heavy atom. The SMILES string of the molecule is COCC1(CN(C(=O)C(F)(F)F)C2CC2)CCNCC1. The zero-order chi connectivity index (χ0) is 14.8. The Hall–Kier alpha value is -0.820. The summed E-state index contributed by atoms with van der Waals surface area (Å²) >= 11 is 0. The monoisotopic (exact) mass is 294 g/mol. The van der Waals surface area contributed by atoms with Gasteiger partial charge in [-0.3, -0.25) is 4.79 Å². The van der Waals surface area contributed by atoms with E-state index in [4.69, 9.17) is 4.74 Å². The lowest BCUT2D eigenvalue weighted by atomic mass is 9.79. The van der Waals surface area contributed by atoms with Crippen molar-refractivity contribution in [2.75, 3.05) is 33.4 Å². The molecule has 1 N–H and O–H groups in total. The highest BCUT2D eigenvalue weighted by Gasteiger charge is 2.49. The van der Waals surface area contributed by atoms with Crippen molar-refractivity contribution in [3.8, 4) is 0 Å². The van der Waals surface area contributed by atoms with Crippen LogP contribution >= 0.6 is 0 Å². The van der Waals surface area contributed by atoms with Gasteiger partial charge in [0.15, 0.2) is 0 Å². The predicted octanol–water partition coefficient (Wildman–Crippen LogP) is 1.56. The van der Waals surface area contributed by atoms with Crippen LogP contribution in [0.1, 0.15) is 25.7 Å². The van der Waals surface area contributed by atoms with Crippen molar-refractivity contribution in [1.82, 2.24) is 10.2 Å². The van der Waals surface area contributed by atoms with Crippen molar-refractivity contribution < 1.29 is 22.7 Å². The Morgan fingerprint density at radius 1 is 1.35 bits per heavy atom. The first-order chi connectivity index (χ1) is 9.38. The molecule has 1 aliphatic carbocycles. The number of hydrogen-bond donors (Lipinski definition) is 1. The number of nitrogens with one attached hydrogen (secondary N) is 1. The van der Waals surface area contributed by atoms with Crippen LogP contribution in [-0.2, 0) is 9.53 Å². The molecule has 1 amide bonds. The second-order valence-electron chi connectivity index (χ2n) is 5.84. The van der Waals surface area contributed by atoms with Crippen LogP contribution in [0.2, 0.25) is 0 Å². The summed E-state index contributed by atoms with van der Waals surface area (Å²) in [5, 5.41) is 3.19. The van der Waals surface area contributed by atoms with E-state index in [-0.39, 0.29) is 18.0 Å². The lowest BCUT2D eigenvalue weighted by molar-refractivity contribution is -0.188. The maximum atomic E-state index is 12.7. The molecule has 0 radical (unpaired) electrons. The molecular formula is C13H21F3N2O2. The first-order valence-electron chi connectivity index (χ1n) is 6.95. The zero-order valence-electron chi connectivity index (χ0n) is 11.6. The molecule has 1 saturated heterocycles. The Labute approximate surface area is 116 Å². The fraction of sp³-hybridized carbons (Fsp3) is 0.923. The molecule has 4 nitrogen and oxygen atoms in total. The summed E-state index contributed by atoms with van der Waals surface area (Å²) in [4.78, 5) is 12.6. The number of carbonyl (C=O) groups is 1. The summed E-state index contributed by atoms with van der Waals surface area (Å²) in [6, 6.07) is -0.243. The van der Waals surface area contributed by atoms with E-state index in [1.807, 2.05) is 0 Å². The van der Waals surface area contributed by atoms with Crippen LogP contribution in [0.15, 0.2) is 0 Å². The van der Waals surface area contributed by atoms with Crippen LogP contribution in [-0.4, -0.2) is 56.4 Å². The molecule has 0 spiro atoms. The van der Waals surface area contributed by atoms with Crippen LogP contribution in [0.3, 0.4) is 0 Å². The highest BCUT2D eigenvalue weighted by Crippen LogP contribution is 2.37. The molecule has 0 atom stereocenters. The predicted molar refractivity (Wildman–Crippen MR) is 67.2 cm³/mol. The van der Waals surface area contributed by atoms with Gasteiger partial charge in [0.2, 0.25) is 0 Å². The highest BCUT2D eigenvalue weighted by molar-refractivity contribution is 5.82. The number of carbonyl (C=O) groups excluding carboxylic acids is 1. The molecule has 0 aromatic carbocycles. The number of halogens is 3. The molecule has 0 unspecified atom stereocenters. The molecule has 1 saturated carbocycles. The Kier molecular flexibility index (Phi) is 4.59. The zero-order valence-corrected chi connectivity index (χ0v) is 11.6. The van der Waals surface area contributed by atoms with Gasteiger partial charge in [0.05, 0.1) is 6.61 Å². The second kappa shape index (κ2) is 5.89. The van der Waals surface area contributed by atoms with E-state index in [1.165, 1.54) is 0 Å². The Balaban J connectivity index is 2.11. The second-order valence-corrected chi connectivity index (χ2v) is 5.84. The Morgan fingerprint density at radius 2 is 1.95 bits per heavy atom. The lowest BCUT2D eigenvalue weighted by Gasteiger charge is -2.41. The molecule has 0 aromatic rings. The molecule has 0 bridgehead atoms. The van der Waals surface area contributed by atoms with E-state index in [1.54, 1.807) is 7.11 Å². The molecule has 0 aromatic heterocycles. The van der Waals surface area contributed by atoms with Crippen molar-refractivity contribution in [2.24, 2.45) is 5.41 Å². The maximum Gasteiger partial charge on any atom is 0.471 e. The van der Waals surface area contributed by atoms with Crippen LogP contribution in [0.25, 0.3) is 0 Å². The molecule has 1 aliphatic heterocycles. The minimum atomic E-state index is -4.79. The van der Waals surface area contributed by atoms with E-state index >= 15 is 0 Å². The first-order valence-corrected chi connectivity index (χ1v) is 6.95. The molecule has 2 rings (SSSR count). The van der Waals surface area contributed by atoms with Gasteiger partial charge in [-0.05, 0) is 38.8 Å². The van der Waals surface area contributed by atoms with E-state index in [0.717, 1.165) is 30.8 Å². The molecule has 2 aliphatic rings. The maximum absolute atomic E-state index is 12.7. The number of amides is 1. The van der Waals surface area contributed by atoms with Gasteiger partial charge in [0, 0.05) is 25.1 Å². The van der Waals surface area contributed by atoms with E-state index in [9.17, 15) is 18.0 Å². The molecule has 2 fully saturated rings. The largest absolute Gasteiger partial charge is 0.471 e. The number of ether oxygens (including phenoxy) is 1. The number of hydrogen-bond acceptors (Lipinski definition) is 3. The Bertz CT molecular complexity index is 345. The fourth-order valence-electron chi connectivity index (χ4n) is 2.89. The lowest BCUT2D eigenvalue weighted by Crippen LogP contribution is -2.52. The number of piperidine rings is 1. The van der Waals surface area contributed by atoms with Crippen molar-refractivity contribution in [3.63, 3.8) is 0 Å². The average Bonchev–Trinajstić information content (AvgIpc) is 3.20. The first kappa shape index (κ1) is 15.6. The molecule has 116 valence electrons. The third-order valence-corrected chi connectivity index (χ3v) is 4.11. The summed E-state index contributed by atoms with van der Waals surface area (Å²) in [5.41, 5.74) is -0.358. The summed E-state index contributed by atoms with van der Waals surface area (Å²) in [6.07, 6.45) is -1.99. The summed E-state index contributed by atoms with van der Waals surface area (Å²) in [6.45, 7) is 2.04. The van der Waals surface area contributed by atoms with Crippen molar-refractivity contribution >= 4 is 5.91 Å². The van der Waals surface area contributed by atoms with Gasteiger partial charge in [0.1, 0.15) is 0 Å². The quantitative estimate of drug-likeness (QED) is 0.836. The summed E-state index contributed by atoms with van der Waals surface area (Å²) in [5.74, 6) is -1.70. The third-order valence-electron chi connectivity index (χ3n) is 4.11. The minimum absolute atomic E-state index is 0.144. The number of nitrogens with zero attached hydrogens (tertiary/aromatic N) is 1. The van der Waals surface area contributed by atoms with Gasteiger partial charge in [0.25, 0.3) is 0 Å². The smallest absolute Gasteiger partial charge is 0.384 e. The minimum Gasteiger partial charge on any atom is -0.384 e. The number of methoxy groups -OCH3 is 1. The van der Waals surface area contributed by atoms with E-state index in [0.29, 0.717) is 19.4 Å². The van der Waals surface area contributed by atoms with Crippen molar-refractivity contribution in [3.05, 3.63) is 0 Å². The average molecular weight is 294 g/mol. The van der Waals surface area contributed by atoms with Gasteiger partial charge in [-0.15, -0.1) is 0 Å². The number of alkyl halides is 3. The summed E-state index contributed by atoms with van der Waals surface area (Å²) < 4.78 is 43.4. The summed E-state index contributed by atoms with van der Waals surface area (Å²) in [7, 11) is 1.55. The van der Waals surface area contributed by atoms with Gasteiger partial charge < -0.3 is 15.0 Å².